The predicted molar refractivity (Wildman–Crippen MR) is 143 cm³/mol. The summed E-state index contributed by atoms with van der Waals surface area (Å²) >= 11 is 7.67. The van der Waals surface area contributed by atoms with Gasteiger partial charge in [-0.15, -0.1) is 0 Å². The fourth-order valence-electron chi connectivity index (χ4n) is 2.67. The van der Waals surface area contributed by atoms with Gasteiger partial charge in [0.2, 0.25) is 5.95 Å². The van der Waals surface area contributed by atoms with E-state index in [0.29, 0.717) is 22.4 Å². The third kappa shape index (κ3) is 6.37. The molecule has 0 unspecified atom stereocenters. The van der Waals surface area contributed by atoms with E-state index in [1.807, 2.05) is 78.5 Å². The number of nitrogens with one attached hydrogen (secondary N) is 1. The minimum atomic E-state index is 0.222. The molecule has 2 aromatic carbocycles. The van der Waals surface area contributed by atoms with E-state index in [2.05, 4.69) is 19.7 Å². The summed E-state index contributed by atoms with van der Waals surface area (Å²) in [5.74, 6) is 1.72. The number of imidazole rings is 1. The van der Waals surface area contributed by atoms with Crippen LogP contribution in [-0.4, -0.2) is 30.8 Å². The number of hydrogen-bond donors (Lipinski definition) is 4. The first-order valence-electron chi connectivity index (χ1n) is 9.72. The number of aromatic nitrogens is 4. The molecule has 2 aromatic heterocycles. The SMILES string of the molecule is CSc1ncc(C(N)=S)c(N)n1.Cn1c(NSc2ccccc2)nc(-c2ccccc2)c1N. The van der Waals surface area contributed by atoms with Crippen molar-refractivity contribution < 1.29 is 0 Å². The second-order valence-electron chi connectivity index (χ2n) is 6.63. The van der Waals surface area contributed by atoms with Gasteiger partial charge >= 0.3 is 0 Å². The maximum Gasteiger partial charge on any atom is 0.215 e. The molecule has 2 heterocycles. The molecule has 0 fully saturated rings. The molecule has 7 N–H and O–H groups in total. The highest BCUT2D eigenvalue weighted by molar-refractivity contribution is 8.00. The maximum atomic E-state index is 6.16. The van der Waals surface area contributed by atoms with Crippen LogP contribution in [0.5, 0.6) is 0 Å². The van der Waals surface area contributed by atoms with Crippen molar-refractivity contribution in [2.45, 2.75) is 10.1 Å². The molecule has 4 aromatic rings. The van der Waals surface area contributed by atoms with Crippen molar-refractivity contribution in [3.63, 3.8) is 0 Å². The molecule has 0 amide bonds. The van der Waals surface area contributed by atoms with Gasteiger partial charge < -0.3 is 17.2 Å². The summed E-state index contributed by atoms with van der Waals surface area (Å²) in [4.78, 5) is 13.9. The van der Waals surface area contributed by atoms with E-state index in [0.717, 1.165) is 22.1 Å². The Morgan fingerprint density at radius 3 is 2.21 bits per heavy atom. The molecule has 0 atom stereocenters. The summed E-state index contributed by atoms with van der Waals surface area (Å²) in [7, 11) is 1.91. The van der Waals surface area contributed by atoms with Crippen LogP contribution in [0.1, 0.15) is 5.56 Å². The lowest BCUT2D eigenvalue weighted by Crippen LogP contribution is -2.14. The largest absolute Gasteiger partial charge is 0.389 e. The smallest absolute Gasteiger partial charge is 0.215 e. The number of thiocarbonyl (C=S) groups is 1. The van der Waals surface area contributed by atoms with Crippen LogP contribution in [0.15, 0.2) is 76.9 Å². The van der Waals surface area contributed by atoms with Gasteiger partial charge in [0, 0.05) is 23.7 Å². The number of hydrogen-bond acceptors (Lipinski definition) is 9. The zero-order chi connectivity index (χ0) is 23.8. The van der Waals surface area contributed by atoms with E-state index in [-0.39, 0.29) is 4.99 Å². The Balaban J connectivity index is 0.000000218. The minimum Gasteiger partial charge on any atom is -0.389 e. The van der Waals surface area contributed by atoms with E-state index in [4.69, 9.17) is 29.4 Å². The van der Waals surface area contributed by atoms with Gasteiger partial charge in [-0.05, 0) is 30.3 Å². The Kier molecular flexibility index (Phi) is 8.52. The summed E-state index contributed by atoms with van der Waals surface area (Å²) in [6.45, 7) is 0. The number of thioether (sulfide) groups is 1. The van der Waals surface area contributed by atoms with Gasteiger partial charge in [-0.3, -0.25) is 9.29 Å². The summed E-state index contributed by atoms with van der Waals surface area (Å²) in [6.07, 6.45) is 3.41. The Morgan fingerprint density at radius 2 is 1.64 bits per heavy atom. The van der Waals surface area contributed by atoms with Crippen LogP contribution in [0.3, 0.4) is 0 Å². The molecule has 0 radical (unpaired) electrons. The van der Waals surface area contributed by atoms with Gasteiger partial charge in [0.05, 0.1) is 5.56 Å². The first-order chi connectivity index (χ1) is 15.9. The highest BCUT2D eigenvalue weighted by Crippen LogP contribution is 2.29. The maximum absolute atomic E-state index is 6.16. The zero-order valence-corrected chi connectivity index (χ0v) is 20.5. The number of nitrogen functional groups attached to an aromatic ring is 2. The first kappa shape index (κ1) is 24.4. The number of benzene rings is 2. The minimum absolute atomic E-state index is 0.222. The molecule has 0 aliphatic rings. The lowest BCUT2D eigenvalue weighted by atomic mass is 10.1. The van der Waals surface area contributed by atoms with Crippen LogP contribution >= 0.6 is 35.9 Å². The van der Waals surface area contributed by atoms with Crippen LogP contribution < -0.4 is 21.9 Å². The molecule has 0 saturated carbocycles. The van der Waals surface area contributed by atoms with Gasteiger partial charge in [0.1, 0.15) is 22.3 Å². The topological polar surface area (TPSA) is 134 Å². The number of rotatable bonds is 6. The molecule has 0 saturated heterocycles. The van der Waals surface area contributed by atoms with Crippen molar-refractivity contribution in [3.8, 4) is 11.3 Å². The number of anilines is 3. The van der Waals surface area contributed by atoms with Crippen molar-refractivity contribution in [2.24, 2.45) is 12.8 Å². The van der Waals surface area contributed by atoms with Crippen molar-refractivity contribution in [1.82, 2.24) is 19.5 Å². The number of nitrogens with two attached hydrogens (primary N) is 3. The lowest BCUT2D eigenvalue weighted by Gasteiger charge is -2.05. The Hall–Kier alpha value is -3.28. The van der Waals surface area contributed by atoms with Gasteiger partial charge in [-0.2, -0.15) is 0 Å². The lowest BCUT2D eigenvalue weighted by molar-refractivity contribution is 0.942. The molecule has 11 heteroatoms. The van der Waals surface area contributed by atoms with Crippen LogP contribution in [0.4, 0.5) is 17.6 Å². The summed E-state index contributed by atoms with van der Waals surface area (Å²) in [6, 6.07) is 20.1. The van der Waals surface area contributed by atoms with E-state index >= 15 is 0 Å². The van der Waals surface area contributed by atoms with Crippen LogP contribution in [0.25, 0.3) is 11.3 Å². The van der Waals surface area contributed by atoms with E-state index < -0.39 is 0 Å². The summed E-state index contributed by atoms with van der Waals surface area (Å²) in [5.41, 5.74) is 19.4. The van der Waals surface area contributed by atoms with Crippen molar-refractivity contribution >= 4 is 58.5 Å². The fourth-order valence-corrected chi connectivity index (χ4v) is 3.86. The third-order valence-corrected chi connectivity index (χ3v) is 6.01. The highest BCUT2D eigenvalue weighted by atomic mass is 32.2. The molecular weight excluding hydrogens is 472 g/mol. The second kappa shape index (κ2) is 11.5. The Labute approximate surface area is 206 Å². The monoisotopic (exact) mass is 496 g/mol. The standard InChI is InChI=1S/C16H16N4S.C6H8N4S2/c1-20-15(17)14(12-8-4-2-5-9-12)18-16(20)19-21-13-10-6-3-7-11-13;1-12-6-9-2-3(5(8)11)4(7)10-6/h2-11H,17H2,1H3,(H,18,19);2H,1H3,(H2,8,11)(H2,7,9,10). The molecule has 8 nitrogen and oxygen atoms in total. The Morgan fingerprint density at radius 1 is 1.00 bits per heavy atom. The predicted octanol–water partition coefficient (Wildman–Crippen LogP) is 4.20. The molecule has 0 spiro atoms. The Bertz CT molecular complexity index is 1210. The summed E-state index contributed by atoms with van der Waals surface area (Å²) < 4.78 is 5.11. The molecule has 170 valence electrons. The van der Waals surface area contributed by atoms with Gasteiger partial charge in [-0.1, -0.05) is 72.5 Å². The zero-order valence-electron chi connectivity index (χ0n) is 18.1. The van der Waals surface area contributed by atoms with Crippen molar-refractivity contribution in [3.05, 3.63) is 72.4 Å². The van der Waals surface area contributed by atoms with Crippen molar-refractivity contribution in [1.29, 1.82) is 0 Å². The van der Waals surface area contributed by atoms with Gasteiger partial charge in [-0.25, -0.2) is 15.0 Å². The van der Waals surface area contributed by atoms with Gasteiger partial charge in [0.25, 0.3) is 0 Å². The molecule has 33 heavy (non-hydrogen) atoms. The van der Waals surface area contributed by atoms with Crippen LogP contribution in [0.2, 0.25) is 0 Å². The normalized spacial score (nSPS) is 10.2. The quantitative estimate of drug-likeness (QED) is 0.133. The average Bonchev–Trinajstić information content (AvgIpc) is 3.12. The van der Waals surface area contributed by atoms with Crippen LogP contribution in [0, 0.1) is 0 Å². The highest BCUT2D eigenvalue weighted by Gasteiger charge is 2.13. The summed E-state index contributed by atoms with van der Waals surface area (Å²) in [5, 5.41) is 0.618. The van der Waals surface area contributed by atoms with Crippen LogP contribution in [-0.2, 0) is 7.05 Å². The molecule has 0 bridgehead atoms. The van der Waals surface area contributed by atoms with Gasteiger partial charge in [0.15, 0.2) is 5.16 Å². The molecular formula is C22H24N8S3. The molecule has 4 rings (SSSR count). The van der Waals surface area contributed by atoms with E-state index in [1.165, 1.54) is 29.9 Å². The fraction of sp³-hybridized carbons (Fsp3) is 0.0909. The van der Waals surface area contributed by atoms with Crippen molar-refractivity contribution in [2.75, 3.05) is 22.4 Å². The third-order valence-electron chi connectivity index (χ3n) is 4.43. The van der Waals surface area contributed by atoms with E-state index in [1.54, 1.807) is 0 Å². The first-order valence-corrected chi connectivity index (χ1v) is 12.2. The molecule has 0 aliphatic heterocycles. The molecule has 0 aliphatic carbocycles. The van der Waals surface area contributed by atoms with E-state index in [9.17, 15) is 0 Å². The average molecular weight is 497 g/mol. The number of nitrogens with zero attached hydrogens (tertiary/aromatic N) is 4. The second-order valence-corrected chi connectivity index (χ2v) is 8.72.